The van der Waals surface area contributed by atoms with Crippen LogP contribution >= 0.6 is 0 Å². The Bertz CT molecular complexity index is 1070. The first-order valence-corrected chi connectivity index (χ1v) is 9.07. The zero-order valence-electron chi connectivity index (χ0n) is 14.8. The van der Waals surface area contributed by atoms with Gasteiger partial charge in [0.05, 0.1) is 29.9 Å². The van der Waals surface area contributed by atoms with E-state index >= 15 is 0 Å². The smallest absolute Gasteiger partial charge is 0.140 e. The third kappa shape index (κ3) is 3.04. The van der Waals surface area contributed by atoms with Crippen molar-refractivity contribution in [1.82, 2.24) is 19.9 Å². The summed E-state index contributed by atoms with van der Waals surface area (Å²) < 4.78 is 5.45. The molecule has 0 aliphatic carbocycles. The van der Waals surface area contributed by atoms with E-state index in [4.69, 9.17) is 9.72 Å². The number of hydrogen-bond donors (Lipinski definition) is 1. The lowest BCUT2D eigenvalue weighted by atomic mass is 10.1. The van der Waals surface area contributed by atoms with E-state index in [0.717, 1.165) is 60.0 Å². The van der Waals surface area contributed by atoms with Crippen molar-refractivity contribution < 1.29 is 4.74 Å². The van der Waals surface area contributed by atoms with Gasteiger partial charge in [-0.1, -0.05) is 0 Å². The number of H-pyrrole nitrogens is 1. The van der Waals surface area contributed by atoms with Crippen molar-refractivity contribution in [2.75, 3.05) is 31.2 Å². The summed E-state index contributed by atoms with van der Waals surface area (Å²) in [5.41, 5.74) is 5.98. The number of pyridine rings is 2. The minimum atomic E-state index is 0.774. The van der Waals surface area contributed by atoms with Crippen LogP contribution in [0.1, 0.15) is 0 Å². The van der Waals surface area contributed by atoms with Crippen LogP contribution in [0.4, 0.5) is 5.69 Å². The normalized spacial score (nSPS) is 14.6. The summed E-state index contributed by atoms with van der Waals surface area (Å²) in [6, 6.07) is 14.3. The number of aromatic nitrogens is 4. The topological polar surface area (TPSA) is 66.9 Å². The van der Waals surface area contributed by atoms with Crippen LogP contribution in [-0.2, 0) is 4.74 Å². The number of imidazole rings is 1. The van der Waals surface area contributed by atoms with Gasteiger partial charge in [0, 0.05) is 48.5 Å². The molecule has 5 rings (SSSR count). The number of rotatable bonds is 3. The number of morpholine rings is 1. The van der Waals surface area contributed by atoms with Gasteiger partial charge >= 0.3 is 0 Å². The van der Waals surface area contributed by atoms with Crippen molar-refractivity contribution in [3.63, 3.8) is 0 Å². The van der Waals surface area contributed by atoms with Crippen molar-refractivity contribution in [3.8, 4) is 22.6 Å². The van der Waals surface area contributed by atoms with E-state index in [0.29, 0.717) is 0 Å². The summed E-state index contributed by atoms with van der Waals surface area (Å²) >= 11 is 0. The molecule has 3 aromatic heterocycles. The van der Waals surface area contributed by atoms with Gasteiger partial charge in [-0.25, -0.2) is 4.98 Å². The van der Waals surface area contributed by atoms with Gasteiger partial charge in [0.25, 0.3) is 0 Å². The van der Waals surface area contributed by atoms with Gasteiger partial charge in [0.1, 0.15) is 5.82 Å². The zero-order chi connectivity index (χ0) is 18.1. The molecular weight excluding hydrogens is 338 g/mol. The van der Waals surface area contributed by atoms with E-state index in [-0.39, 0.29) is 0 Å². The zero-order valence-corrected chi connectivity index (χ0v) is 14.8. The summed E-state index contributed by atoms with van der Waals surface area (Å²) in [5, 5.41) is 0. The van der Waals surface area contributed by atoms with Gasteiger partial charge in [-0.05, 0) is 42.5 Å². The minimum Gasteiger partial charge on any atom is -0.378 e. The van der Waals surface area contributed by atoms with Crippen LogP contribution in [0.25, 0.3) is 33.7 Å². The van der Waals surface area contributed by atoms with Crippen LogP contribution in [-0.4, -0.2) is 46.2 Å². The largest absolute Gasteiger partial charge is 0.378 e. The maximum Gasteiger partial charge on any atom is 0.140 e. The Kier molecular flexibility index (Phi) is 4.03. The average molecular weight is 357 g/mol. The second kappa shape index (κ2) is 6.81. The molecule has 27 heavy (non-hydrogen) atoms. The number of anilines is 1. The van der Waals surface area contributed by atoms with E-state index in [2.05, 4.69) is 38.1 Å². The number of hydrogen-bond acceptors (Lipinski definition) is 5. The van der Waals surface area contributed by atoms with Crippen LogP contribution in [0.15, 0.2) is 61.1 Å². The number of fused-ring (bicyclic) bond motifs is 1. The molecule has 0 radical (unpaired) electrons. The van der Waals surface area contributed by atoms with Gasteiger partial charge < -0.3 is 14.6 Å². The van der Waals surface area contributed by atoms with Crippen LogP contribution in [0.3, 0.4) is 0 Å². The Labute approximate surface area is 156 Å². The summed E-state index contributed by atoms with van der Waals surface area (Å²) in [6.45, 7) is 3.38. The van der Waals surface area contributed by atoms with Crippen LogP contribution in [0.5, 0.6) is 0 Å². The maximum absolute atomic E-state index is 5.45. The second-order valence-corrected chi connectivity index (χ2v) is 6.53. The molecule has 0 spiro atoms. The molecule has 1 aliphatic rings. The first-order chi connectivity index (χ1) is 13.4. The standard InChI is InChI=1S/C21H19N5O/c1-3-15(14-22-7-1)20-17(4-2-8-23-20)21-24-18-6-5-16(13-19(18)25-21)26-9-11-27-12-10-26/h1-8,13-14H,9-12H2,(H,24,25). The molecule has 0 amide bonds. The van der Waals surface area contributed by atoms with E-state index in [1.165, 1.54) is 5.69 Å². The van der Waals surface area contributed by atoms with E-state index in [1.54, 1.807) is 12.4 Å². The fourth-order valence-electron chi connectivity index (χ4n) is 3.47. The molecule has 0 atom stereocenters. The lowest BCUT2D eigenvalue weighted by Crippen LogP contribution is -2.36. The predicted molar refractivity (Wildman–Crippen MR) is 106 cm³/mol. The second-order valence-electron chi connectivity index (χ2n) is 6.53. The van der Waals surface area contributed by atoms with Crippen molar-refractivity contribution in [2.45, 2.75) is 0 Å². The Morgan fingerprint density at radius 3 is 2.74 bits per heavy atom. The molecule has 1 aliphatic heterocycles. The SMILES string of the molecule is c1cncc(-c2ncccc2-c2nc3ccc(N4CCOCC4)cc3[nH]2)c1. The number of aromatic amines is 1. The number of ether oxygens (including phenoxy) is 1. The molecule has 6 heteroatoms. The summed E-state index contributed by atoms with van der Waals surface area (Å²) in [7, 11) is 0. The average Bonchev–Trinajstić information content (AvgIpc) is 3.18. The fraction of sp³-hybridized carbons (Fsp3) is 0.190. The molecule has 0 unspecified atom stereocenters. The Morgan fingerprint density at radius 2 is 1.89 bits per heavy atom. The summed E-state index contributed by atoms with van der Waals surface area (Å²) in [6.07, 6.45) is 5.39. The third-order valence-corrected chi connectivity index (χ3v) is 4.84. The van der Waals surface area contributed by atoms with E-state index in [1.807, 2.05) is 30.5 Å². The molecular formula is C21H19N5O. The minimum absolute atomic E-state index is 0.774. The quantitative estimate of drug-likeness (QED) is 0.608. The van der Waals surface area contributed by atoms with E-state index in [9.17, 15) is 0 Å². The Balaban J connectivity index is 1.56. The first-order valence-electron chi connectivity index (χ1n) is 9.07. The highest BCUT2D eigenvalue weighted by atomic mass is 16.5. The van der Waals surface area contributed by atoms with Crippen molar-refractivity contribution >= 4 is 16.7 Å². The Morgan fingerprint density at radius 1 is 1.00 bits per heavy atom. The van der Waals surface area contributed by atoms with Crippen molar-refractivity contribution in [2.24, 2.45) is 0 Å². The van der Waals surface area contributed by atoms with Gasteiger partial charge in [-0.2, -0.15) is 0 Å². The van der Waals surface area contributed by atoms with Gasteiger partial charge in [0.15, 0.2) is 0 Å². The molecule has 1 saturated heterocycles. The highest BCUT2D eigenvalue weighted by Gasteiger charge is 2.15. The van der Waals surface area contributed by atoms with E-state index < -0.39 is 0 Å². The van der Waals surface area contributed by atoms with Crippen LogP contribution < -0.4 is 4.90 Å². The highest BCUT2D eigenvalue weighted by molar-refractivity contribution is 5.86. The fourth-order valence-corrected chi connectivity index (χ4v) is 3.47. The summed E-state index contributed by atoms with van der Waals surface area (Å²) in [4.78, 5) is 19.4. The van der Waals surface area contributed by atoms with Gasteiger partial charge in [-0.15, -0.1) is 0 Å². The molecule has 4 heterocycles. The molecule has 4 aromatic rings. The number of nitrogens with one attached hydrogen (secondary N) is 1. The molecule has 0 bridgehead atoms. The molecule has 1 N–H and O–H groups in total. The highest BCUT2D eigenvalue weighted by Crippen LogP contribution is 2.30. The summed E-state index contributed by atoms with van der Waals surface area (Å²) in [5.74, 6) is 0.816. The predicted octanol–water partition coefficient (Wildman–Crippen LogP) is 3.52. The van der Waals surface area contributed by atoms with Crippen molar-refractivity contribution in [1.29, 1.82) is 0 Å². The lowest BCUT2D eigenvalue weighted by Gasteiger charge is -2.28. The molecule has 1 fully saturated rings. The lowest BCUT2D eigenvalue weighted by molar-refractivity contribution is 0.122. The monoisotopic (exact) mass is 357 g/mol. The molecule has 0 saturated carbocycles. The van der Waals surface area contributed by atoms with Gasteiger partial charge in [-0.3, -0.25) is 9.97 Å². The maximum atomic E-state index is 5.45. The molecule has 6 nitrogen and oxygen atoms in total. The first kappa shape index (κ1) is 16.0. The van der Waals surface area contributed by atoms with Gasteiger partial charge in [0.2, 0.25) is 0 Å². The van der Waals surface area contributed by atoms with Crippen LogP contribution in [0, 0.1) is 0 Å². The third-order valence-electron chi connectivity index (χ3n) is 4.84. The van der Waals surface area contributed by atoms with Crippen molar-refractivity contribution in [3.05, 3.63) is 61.1 Å². The number of benzene rings is 1. The molecule has 134 valence electrons. The number of nitrogens with zero attached hydrogens (tertiary/aromatic N) is 4. The van der Waals surface area contributed by atoms with Crippen LogP contribution in [0.2, 0.25) is 0 Å². The molecule has 1 aromatic carbocycles. The Hall–Kier alpha value is -3.25.